The van der Waals surface area contributed by atoms with E-state index in [0.717, 1.165) is 5.92 Å². The van der Waals surface area contributed by atoms with Crippen LogP contribution in [0.3, 0.4) is 0 Å². The van der Waals surface area contributed by atoms with Crippen molar-refractivity contribution in [2.45, 2.75) is 38.6 Å². The van der Waals surface area contributed by atoms with Gasteiger partial charge in [-0.25, -0.2) is 0 Å². The predicted octanol–water partition coefficient (Wildman–Crippen LogP) is 3.15. The van der Waals surface area contributed by atoms with Crippen LogP contribution < -0.4 is 5.73 Å². The number of likely N-dealkylation sites (N-methyl/N-ethyl adjacent to an activating group) is 1. The third-order valence-electron chi connectivity index (χ3n) is 3.99. The van der Waals surface area contributed by atoms with Crippen LogP contribution in [0.1, 0.15) is 49.8 Å². The molecule has 1 fully saturated rings. The van der Waals surface area contributed by atoms with E-state index in [2.05, 4.69) is 50.1 Å². The van der Waals surface area contributed by atoms with Gasteiger partial charge in [-0.15, -0.1) is 0 Å². The maximum Gasteiger partial charge on any atom is 0.0467 e. The van der Waals surface area contributed by atoms with E-state index in [1.54, 1.807) is 0 Å². The SMILES string of the molecule is CC(C)c1ccc(C(CN)N(C)CC2CC2)cc1. The highest BCUT2D eigenvalue weighted by Gasteiger charge is 2.26. The Labute approximate surface area is 111 Å². The molecule has 1 aliphatic carbocycles. The molecule has 0 saturated heterocycles. The van der Waals surface area contributed by atoms with E-state index in [1.165, 1.54) is 30.5 Å². The van der Waals surface area contributed by atoms with E-state index < -0.39 is 0 Å². The van der Waals surface area contributed by atoms with Gasteiger partial charge in [0.1, 0.15) is 0 Å². The van der Waals surface area contributed by atoms with Crippen molar-refractivity contribution in [3.05, 3.63) is 35.4 Å². The van der Waals surface area contributed by atoms with Gasteiger partial charge < -0.3 is 5.73 Å². The van der Waals surface area contributed by atoms with Crippen LogP contribution in [0.5, 0.6) is 0 Å². The largest absolute Gasteiger partial charge is 0.329 e. The van der Waals surface area contributed by atoms with Crippen molar-refractivity contribution in [1.29, 1.82) is 0 Å². The van der Waals surface area contributed by atoms with Crippen LogP contribution in [0.2, 0.25) is 0 Å². The van der Waals surface area contributed by atoms with Crippen molar-refractivity contribution >= 4 is 0 Å². The van der Waals surface area contributed by atoms with Crippen molar-refractivity contribution in [3.63, 3.8) is 0 Å². The molecule has 1 aromatic rings. The van der Waals surface area contributed by atoms with Gasteiger partial charge in [-0.2, -0.15) is 0 Å². The van der Waals surface area contributed by atoms with Gasteiger partial charge in [-0.1, -0.05) is 38.1 Å². The molecule has 1 aliphatic rings. The molecule has 1 saturated carbocycles. The molecule has 2 heteroatoms. The van der Waals surface area contributed by atoms with Crippen LogP contribution in [0, 0.1) is 5.92 Å². The molecule has 100 valence electrons. The molecule has 2 rings (SSSR count). The lowest BCUT2D eigenvalue weighted by Crippen LogP contribution is -2.32. The second kappa shape index (κ2) is 5.85. The molecule has 1 atom stereocenters. The van der Waals surface area contributed by atoms with Crippen LogP contribution in [0.15, 0.2) is 24.3 Å². The molecule has 2 nitrogen and oxygen atoms in total. The third-order valence-corrected chi connectivity index (χ3v) is 3.99. The summed E-state index contributed by atoms with van der Waals surface area (Å²) in [7, 11) is 2.20. The van der Waals surface area contributed by atoms with Crippen LogP contribution in [0.4, 0.5) is 0 Å². The molecule has 0 radical (unpaired) electrons. The average Bonchev–Trinajstić information content (AvgIpc) is 3.14. The lowest BCUT2D eigenvalue weighted by molar-refractivity contribution is 0.240. The minimum atomic E-state index is 0.367. The van der Waals surface area contributed by atoms with Crippen LogP contribution >= 0.6 is 0 Å². The highest BCUT2D eigenvalue weighted by molar-refractivity contribution is 5.27. The summed E-state index contributed by atoms with van der Waals surface area (Å²) in [6, 6.07) is 9.35. The smallest absolute Gasteiger partial charge is 0.0467 e. The minimum Gasteiger partial charge on any atom is -0.329 e. The quantitative estimate of drug-likeness (QED) is 0.835. The topological polar surface area (TPSA) is 29.3 Å². The Balaban J connectivity index is 2.05. The molecule has 0 aromatic heterocycles. The first-order valence-electron chi connectivity index (χ1n) is 7.12. The summed E-state index contributed by atoms with van der Waals surface area (Å²) in [6.45, 7) is 6.35. The molecule has 1 unspecified atom stereocenters. The lowest BCUT2D eigenvalue weighted by atomic mass is 9.98. The number of hydrogen-bond donors (Lipinski definition) is 1. The van der Waals surface area contributed by atoms with Gasteiger partial charge in [-0.05, 0) is 42.9 Å². The molecule has 0 spiro atoms. The zero-order chi connectivity index (χ0) is 13.1. The Hall–Kier alpha value is -0.860. The first-order chi connectivity index (χ1) is 8.61. The van der Waals surface area contributed by atoms with E-state index in [9.17, 15) is 0 Å². The standard InChI is InChI=1S/C16H26N2/c1-12(2)14-6-8-15(9-7-14)16(10-17)18(3)11-13-4-5-13/h6-9,12-13,16H,4-5,10-11,17H2,1-3H3. The summed E-state index contributed by atoms with van der Waals surface area (Å²) in [5.41, 5.74) is 8.71. The first-order valence-corrected chi connectivity index (χ1v) is 7.12. The van der Waals surface area contributed by atoms with Crippen molar-refractivity contribution in [2.24, 2.45) is 11.7 Å². The Kier molecular flexibility index (Phi) is 4.41. The van der Waals surface area contributed by atoms with Crippen LogP contribution in [0.25, 0.3) is 0 Å². The molecule has 0 aliphatic heterocycles. The summed E-state index contributed by atoms with van der Waals surface area (Å²) in [5, 5.41) is 0. The zero-order valence-corrected chi connectivity index (χ0v) is 11.9. The second-order valence-electron chi connectivity index (χ2n) is 5.96. The first kappa shape index (κ1) is 13.6. The lowest BCUT2D eigenvalue weighted by Gasteiger charge is -2.27. The normalized spacial score (nSPS) is 17.4. The third kappa shape index (κ3) is 3.33. The fraction of sp³-hybridized carbons (Fsp3) is 0.625. The molecule has 0 amide bonds. The minimum absolute atomic E-state index is 0.367. The number of nitrogens with zero attached hydrogens (tertiary/aromatic N) is 1. The van der Waals surface area contributed by atoms with Crippen molar-refractivity contribution < 1.29 is 0 Å². The van der Waals surface area contributed by atoms with Gasteiger partial charge in [0, 0.05) is 19.1 Å². The number of hydrogen-bond acceptors (Lipinski definition) is 2. The Morgan fingerprint density at radius 1 is 1.17 bits per heavy atom. The summed E-state index contributed by atoms with van der Waals surface area (Å²) in [6.07, 6.45) is 2.79. The fourth-order valence-electron chi connectivity index (χ4n) is 2.51. The van der Waals surface area contributed by atoms with Gasteiger partial charge in [0.25, 0.3) is 0 Å². The van der Waals surface area contributed by atoms with Crippen molar-refractivity contribution in [1.82, 2.24) is 4.90 Å². The maximum atomic E-state index is 5.96. The second-order valence-corrected chi connectivity index (χ2v) is 5.96. The van der Waals surface area contributed by atoms with E-state index in [4.69, 9.17) is 5.73 Å². The number of benzene rings is 1. The van der Waals surface area contributed by atoms with Gasteiger partial charge in [-0.3, -0.25) is 4.90 Å². The van der Waals surface area contributed by atoms with Crippen molar-refractivity contribution in [3.8, 4) is 0 Å². The van der Waals surface area contributed by atoms with E-state index in [-0.39, 0.29) is 0 Å². The summed E-state index contributed by atoms with van der Waals surface area (Å²) in [5.74, 6) is 1.51. The molecular formula is C16H26N2. The average molecular weight is 246 g/mol. The van der Waals surface area contributed by atoms with Crippen LogP contribution in [-0.2, 0) is 0 Å². The molecule has 0 bridgehead atoms. The molecular weight excluding hydrogens is 220 g/mol. The Morgan fingerprint density at radius 2 is 1.72 bits per heavy atom. The van der Waals surface area contributed by atoms with Crippen LogP contribution in [-0.4, -0.2) is 25.0 Å². The zero-order valence-electron chi connectivity index (χ0n) is 11.9. The fourth-order valence-corrected chi connectivity index (χ4v) is 2.51. The van der Waals surface area contributed by atoms with E-state index >= 15 is 0 Å². The molecule has 1 aromatic carbocycles. The van der Waals surface area contributed by atoms with Gasteiger partial charge >= 0.3 is 0 Å². The molecule has 2 N–H and O–H groups in total. The monoisotopic (exact) mass is 246 g/mol. The van der Waals surface area contributed by atoms with E-state index in [1.807, 2.05) is 0 Å². The highest BCUT2D eigenvalue weighted by atomic mass is 15.1. The molecule has 18 heavy (non-hydrogen) atoms. The number of rotatable bonds is 6. The molecule has 0 heterocycles. The summed E-state index contributed by atoms with van der Waals surface area (Å²) >= 11 is 0. The van der Waals surface area contributed by atoms with E-state index in [0.29, 0.717) is 18.5 Å². The Bertz CT molecular complexity index is 365. The summed E-state index contributed by atoms with van der Waals surface area (Å²) in [4.78, 5) is 2.42. The van der Waals surface area contributed by atoms with Gasteiger partial charge in [0.05, 0.1) is 0 Å². The van der Waals surface area contributed by atoms with Crippen molar-refractivity contribution in [2.75, 3.05) is 20.1 Å². The predicted molar refractivity (Wildman–Crippen MR) is 77.7 cm³/mol. The number of nitrogens with two attached hydrogens (primary N) is 1. The van der Waals surface area contributed by atoms with Gasteiger partial charge in [0.2, 0.25) is 0 Å². The van der Waals surface area contributed by atoms with Gasteiger partial charge in [0.15, 0.2) is 0 Å². The highest BCUT2D eigenvalue weighted by Crippen LogP contribution is 2.32. The Morgan fingerprint density at radius 3 is 2.17 bits per heavy atom. The maximum absolute atomic E-state index is 5.96. The summed E-state index contributed by atoms with van der Waals surface area (Å²) < 4.78 is 0.